The molecule has 4 aliphatic rings. The summed E-state index contributed by atoms with van der Waals surface area (Å²) in [5.41, 5.74) is 2.14. The second-order valence-corrected chi connectivity index (χ2v) is 8.97. The summed E-state index contributed by atoms with van der Waals surface area (Å²) < 4.78 is 0. The molecule has 4 bridgehead atoms. The predicted molar refractivity (Wildman–Crippen MR) is 90.6 cm³/mol. The van der Waals surface area contributed by atoms with Gasteiger partial charge >= 0.3 is 0 Å². The van der Waals surface area contributed by atoms with E-state index in [-0.39, 0.29) is 0 Å². The van der Waals surface area contributed by atoms with Crippen LogP contribution in [-0.4, -0.2) is 31.3 Å². The quantitative estimate of drug-likeness (QED) is 0.713. The van der Waals surface area contributed by atoms with Crippen molar-refractivity contribution in [2.45, 2.75) is 26.4 Å². The molecule has 4 fully saturated rings. The second-order valence-electron chi connectivity index (χ2n) is 8.97. The van der Waals surface area contributed by atoms with Crippen LogP contribution >= 0.6 is 0 Å². The second kappa shape index (κ2) is 4.28. The zero-order chi connectivity index (χ0) is 15.8. The van der Waals surface area contributed by atoms with Gasteiger partial charge in [-0.15, -0.1) is 0 Å². The highest BCUT2D eigenvalue weighted by atomic mass is 16.3. The maximum absolute atomic E-state index is 10.7. The summed E-state index contributed by atoms with van der Waals surface area (Å²) in [5.74, 6) is 0.483. The standard InChI is InChI=1S/C20H24N2O/c1-19-9-20(2)12-21(10-19)18(22(11-19)13-20)17-15-6-4-3-5-14(15)7-8-16(17)23/h3-8,18,23H,9-13H2,1-2H3/p+2. The molecule has 0 radical (unpaired) electrons. The lowest BCUT2D eigenvalue weighted by molar-refractivity contribution is -1.18. The van der Waals surface area contributed by atoms with Gasteiger partial charge in [0.2, 0.25) is 6.17 Å². The number of hydrogen-bond acceptors (Lipinski definition) is 1. The lowest BCUT2D eigenvalue weighted by Gasteiger charge is -2.60. The van der Waals surface area contributed by atoms with Crippen LogP contribution in [0.1, 0.15) is 32.0 Å². The van der Waals surface area contributed by atoms with Gasteiger partial charge in [0, 0.05) is 5.39 Å². The van der Waals surface area contributed by atoms with E-state index in [1.807, 2.05) is 12.1 Å². The summed E-state index contributed by atoms with van der Waals surface area (Å²) in [5, 5.41) is 13.2. The normalized spacial score (nSPS) is 41.6. The topological polar surface area (TPSA) is 29.1 Å². The molecular weight excluding hydrogens is 284 g/mol. The predicted octanol–water partition coefficient (Wildman–Crippen LogP) is 0.757. The number of benzene rings is 2. The number of piperidine rings is 2. The highest BCUT2D eigenvalue weighted by Crippen LogP contribution is 2.41. The largest absolute Gasteiger partial charge is 0.507 e. The van der Waals surface area contributed by atoms with Crippen LogP contribution < -0.4 is 9.80 Å². The zero-order valence-corrected chi connectivity index (χ0v) is 14.0. The molecule has 2 aromatic rings. The van der Waals surface area contributed by atoms with E-state index in [0.717, 1.165) is 0 Å². The van der Waals surface area contributed by atoms with Gasteiger partial charge in [-0.05, 0) is 31.7 Å². The van der Waals surface area contributed by atoms with Crippen LogP contribution in [0.5, 0.6) is 5.75 Å². The van der Waals surface area contributed by atoms with Gasteiger partial charge in [-0.2, -0.15) is 0 Å². The van der Waals surface area contributed by atoms with Crippen LogP contribution in [0.3, 0.4) is 0 Å². The molecule has 3 heteroatoms. The van der Waals surface area contributed by atoms with Crippen molar-refractivity contribution < 1.29 is 14.9 Å². The van der Waals surface area contributed by atoms with E-state index in [4.69, 9.17) is 0 Å². The van der Waals surface area contributed by atoms with E-state index in [0.29, 0.717) is 22.7 Å². The lowest BCUT2D eigenvalue weighted by atomic mass is 9.63. The first kappa shape index (κ1) is 13.8. The van der Waals surface area contributed by atoms with Gasteiger partial charge in [-0.3, -0.25) is 9.80 Å². The smallest absolute Gasteiger partial charge is 0.244 e. The van der Waals surface area contributed by atoms with Crippen molar-refractivity contribution in [3.05, 3.63) is 42.0 Å². The van der Waals surface area contributed by atoms with E-state index in [1.54, 1.807) is 9.80 Å². The third-order valence-electron chi connectivity index (χ3n) is 6.52. The van der Waals surface area contributed by atoms with Gasteiger partial charge in [0.25, 0.3) is 0 Å². The van der Waals surface area contributed by atoms with Gasteiger partial charge in [-0.25, -0.2) is 0 Å². The van der Waals surface area contributed by atoms with Gasteiger partial charge in [-0.1, -0.05) is 30.3 Å². The molecular formula is C20H26N2O+2. The molecule has 0 spiro atoms. The van der Waals surface area contributed by atoms with Gasteiger partial charge in [0.15, 0.2) is 0 Å². The maximum atomic E-state index is 10.7. The lowest BCUT2D eigenvalue weighted by Crippen LogP contribution is -3.40. The van der Waals surface area contributed by atoms with Crippen LogP contribution in [0.4, 0.5) is 0 Å². The Bertz CT molecular complexity index is 763. The van der Waals surface area contributed by atoms with Crippen molar-refractivity contribution in [1.29, 1.82) is 0 Å². The summed E-state index contributed by atoms with van der Waals surface area (Å²) in [6.07, 6.45) is 1.77. The highest BCUT2D eigenvalue weighted by Gasteiger charge is 2.63. The van der Waals surface area contributed by atoms with E-state index < -0.39 is 0 Å². The summed E-state index contributed by atoms with van der Waals surface area (Å²) in [6, 6.07) is 12.5. The number of aromatic hydroxyl groups is 1. The average Bonchev–Trinajstić information content (AvgIpc) is 2.46. The molecule has 0 atom stereocenters. The number of phenolic OH excluding ortho intramolecular Hbond substituents is 1. The van der Waals surface area contributed by atoms with Crippen LogP contribution in [-0.2, 0) is 0 Å². The molecule has 0 amide bonds. The van der Waals surface area contributed by atoms with Gasteiger partial charge in [0.1, 0.15) is 11.3 Å². The van der Waals surface area contributed by atoms with Crippen molar-refractivity contribution in [2.75, 3.05) is 26.2 Å². The van der Waals surface area contributed by atoms with Crippen LogP contribution in [0.2, 0.25) is 0 Å². The summed E-state index contributed by atoms with van der Waals surface area (Å²) in [4.78, 5) is 3.36. The van der Waals surface area contributed by atoms with Crippen molar-refractivity contribution in [3.63, 3.8) is 0 Å². The molecule has 6 rings (SSSR count). The highest BCUT2D eigenvalue weighted by molar-refractivity contribution is 5.87. The third-order valence-corrected chi connectivity index (χ3v) is 6.52. The fourth-order valence-corrected chi connectivity index (χ4v) is 6.42. The summed E-state index contributed by atoms with van der Waals surface area (Å²) >= 11 is 0. The third kappa shape index (κ3) is 1.90. The Kier molecular flexibility index (Phi) is 2.57. The number of quaternary nitrogens is 2. The molecule has 0 aromatic heterocycles. The SMILES string of the molecule is CC12C[NH+]3CC(C)(C[NH+](C1)C3c1c(O)ccc3ccccc13)C2. The molecule has 0 unspecified atom stereocenters. The summed E-state index contributed by atoms with van der Waals surface area (Å²) in [6.45, 7) is 9.95. The van der Waals surface area contributed by atoms with Crippen molar-refractivity contribution in [3.8, 4) is 5.75 Å². The maximum Gasteiger partial charge on any atom is 0.244 e. The molecule has 3 nitrogen and oxygen atoms in total. The molecule has 23 heavy (non-hydrogen) atoms. The minimum absolute atomic E-state index is 0.391. The Hall–Kier alpha value is -1.58. The van der Waals surface area contributed by atoms with Gasteiger partial charge in [0.05, 0.1) is 37.0 Å². The van der Waals surface area contributed by atoms with Crippen molar-refractivity contribution in [1.82, 2.24) is 0 Å². The molecule has 3 N–H and O–H groups in total. The fraction of sp³-hybridized carbons (Fsp3) is 0.500. The van der Waals surface area contributed by atoms with Gasteiger partial charge < -0.3 is 5.11 Å². The van der Waals surface area contributed by atoms with Crippen LogP contribution in [0.25, 0.3) is 10.8 Å². The zero-order valence-electron chi connectivity index (χ0n) is 14.0. The fourth-order valence-electron chi connectivity index (χ4n) is 6.42. The number of hydrogen-bond donors (Lipinski definition) is 3. The van der Waals surface area contributed by atoms with E-state index in [2.05, 4.69) is 38.1 Å². The van der Waals surface area contributed by atoms with Crippen LogP contribution in [0.15, 0.2) is 36.4 Å². The monoisotopic (exact) mass is 310 g/mol. The summed E-state index contributed by atoms with van der Waals surface area (Å²) in [7, 11) is 0. The average molecular weight is 310 g/mol. The Morgan fingerprint density at radius 3 is 2.17 bits per heavy atom. The molecule has 4 aliphatic heterocycles. The molecule has 0 aliphatic carbocycles. The van der Waals surface area contributed by atoms with Crippen molar-refractivity contribution in [2.24, 2.45) is 10.8 Å². The molecule has 4 saturated heterocycles. The van der Waals surface area contributed by atoms with E-state index in [1.165, 1.54) is 48.9 Å². The Balaban J connectivity index is 1.68. The molecule has 0 saturated carbocycles. The first-order valence-electron chi connectivity index (χ1n) is 8.86. The number of nitrogens with one attached hydrogen (secondary N) is 2. The Morgan fingerprint density at radius 1 is 0.913 bits per heavy atom. The minimum atomic E-state index is 0.391. The first-order valence-corrected chi connectivity index (χ1v) is 8.86. The number of fused-ring (bicyclic) bond motifs is 1. The molecule has 2 aromatic carbocycles. The molecule has 4 heterocycles. The van der Waals surface area contributed by atoms with Crippen LogP contribution in [0, 0.1) is 10.8 Å². The molecule has 120 valence electrons. The van der Waals surface area contributed by atoms with E-state index >= 15 is 0 Å². The Morgan fingerprint density at radius 2 is 1.52 bits per heavy atom. The van der Waals surface area contributed by atoms with Crippen molar-refractivity contribution >= 4 is 10.8 Å². The first-order chi connectivity index (χ1) is 11.0. The number of phenols is 1. The number of rotatable bonds is 1. The Labute approximate surface area is 137 Å². The van der Waals surface area contributed by atoms with E-state index in [9.17, 15) is 5.11 Å². The minimum Gasteiger partial charge on any atom is -0.507 e.